The molecule has 0 fully saturated rings. The Hall–Kier alpha value is -3.27. The molecule has 0 N–H and O–H groups in total. The molecule has 0 aliphatic carbocycles. The summed E-state index contributed by atoms with van der Waals surface area (Å²) >= 11 is 12.4. The van der Waals surface area contributed by atoms with Crippen LogP contribution in [-0.4, -0.2) is 24.4 Å². The second-order valence-electron chi connectivity index (χ2n) is 10.0. The van der Waals surface area contributed by atoms with Gasteiger partial charge in [0.25, 0.3) is 5.91 Å². The maximum Gasteiger partial charge on any atom is 0.253 e. The fraction of sp³-hybridized carbons (Fsp3) is 0.265. The summed E-state index contributed by atoms with van der Waals surface area (Å²) in [5, 5.41) is 14.6. The van der Waals surface area contributed by atoms with Gasteiger partial charge in [-0.25, -0.2) is 0 Å². The highest BCUT2D eigenvalue weighted by atomic mass is 35.5. The molecule has 0 spiro atoms. The van der Waals surface area contributed by atoms with Gasteiger partial charge in [-0.05, 0) is 72.4 Å². The summed E-state index contributed by atoms with van der Waals surface area (Å²) < 4.78 is 0. The summed E-state index contributed by atoms with van der Waals surface area (Å²) in [6.45, 7) is 0.668. The summed E-state index contributed by atoms with van der Waals surface area (Å²) in [5.74, 6) is -0.268. The van der Waals surface area contributed by atoms with Crippen LogP contribution in [0, 0.1) is 0 Å². The standard InChI is InChI=1S/C34H34Cl2NO2/c1-37(20-10-5-3-2-4-7-13-25-14-8-6-9-15-25)34(39)28-23-31(26-16-11-18-29(35)21-26)33(38)32(24-28)27-17-12-19-30(36)22-27/h6,8-9,11-12,14-19,21-24H,2-5,7,10,13,20H2,1H3. The molecule has 0 atom stereocenters. The SMILES string of the molecule is CN(CCCCCCCCc1ccccc1)C(=O)c1cc(-c2cccc(Cl)c2)c([O])c(-c2cccc(Cl)c2)c1. The molecule has 0 saturated heterocycles. The number of hydrogen-bond acceptors (Lipinski definition) is 1. The van der Waals surface area contributed by atoms with Crippen molar-refractivity contribution < 1.29 is 9.90 Å². The topological polar surface area (TPSA) is 40.2 Å². The summed E-state index contributed by atoms with van der Waals surface area (Å²) in [7, 11) is 1.82. The number of carbonyl (C=O) groups is 1. The molecule has 4 rings (SSSR count). The molecule has 201 valence electrons. The van der Waals surface area contributed by atoms with Gasteiger partial charge >= 0.3 is 0 Å². The van der Waals surface area contributed by atoms with E-state index in [9.17, 15) is 9.90 Å². The lowest BCUT2D eigenvalue weighted by atomic mass is 9.94. The van der Waals surface area contributed by atoms with Gasteiger partial charge in [-0.3, -0.25) is 9.90 Å². The van der Waals surface area contributed by atoms with Crippen LogP contribution in [0.5, 0.6) is 5.75 Å². The fourth-order valence-corrected chi connectivity index (χ4v) is 5.23. The van der Waals surface area contributed by atoms with Crippen molar-refractivity contribution in [2.45, 2.75) is 44.9 Å². The number of unbranched alkanes of at least 4 members (excludes halogenated alkanes) is 5. The van der Waals surface area contributed by atoms with E-state index in [-0.39, 0.29) is 11.7 Å². The van der Waals surface area contributed by atoms with Crippen molar-refractivity contribution in [1.82, 2.24) is 4.90 Å². The van der Waals surface area contributed by atoms with E-state index in [1.807, 2.05) is 19.2 Å². The minimum atomic E-state index is -0.161. The summed E-state index contributed by atoms with van der Waals surface area (Å²) in [6, 6.07) is 28.3. The van der Waals surface area contributed by atoms with E-state index >= 15 is 0 Å². The molecule has 4 aromatic carbocycles. The van der Waals surface area contributed by atoms with Crippen molar-refractivity contribution in [1.29, 1.82) is 0 Å². The van der Waals surface area contributed by atoms with Crippen molar-refractivity contribution in [3.8, 4) is 28.0 Å². The molecule has 3 nitrogen and oxygen atoms in total. The second-order valence-corrected chi connectivity index (χ2v) is 10.9. The Kier molecular flexibility index (Phi) is 10.5. The van der Waals surface area contributed by atoms with Crippen molar-refractivity contribution in [3.05, 3.63) is 112 Å². The van der Waals surface area contributed by atoms with Gasteiger partial charge in [0.2, 0.25) is 0 Å². The zero-order valence-corrected chi connectivity index (χ0v) is 23.8. The molecule has 1 radical (unpaired) electrons. The van der Waals surface area contributed by atoms with Gasteiger partial charge in [-0.15, -0.1) is 0 Å². The van der Waals surface area contributed by atoms with Crippen molar-refractivity contribution in [2.75, 3.05) is 13.6 Å². The number of amides is 1. The Balaban J connectivity index is 1.39. The molecule has 0 aliphatic heterocycles. The van der Waals surface area contributed by atoms with Crippen LogP contribution in [0.15, 0.2) is 91.0 Å². The molecular formula is C34H34Cl2NO2. The Bertz CT molecular complexity index is 1320. The van der Waals surface area contributed by atoms with E-state index in [0.717, 1.165) is 19.3 Å². The number of hydrogen-bond donors (Lipinski definition) is 0. The minimum Gasteiger partial charge on any atom is -0.342 e. The van der Waals surface area contributed by atoms with Gasteiger partial charge in [0.15, 0.2) is 5.75 Å². The van der Waals surface area contributed by atoms with Gasteiger partial charge in [-0.2, -0.15) is 0 Å². The highest BCUT2D eigenvalue weighted by Crippen LogP contribution is 2.41. The van der Waals surface area contributed by atoms with Crippen LogP contribution in [0.1, 0.15) is 54.4 Å². The molecule has 39 heavy (non-hydrogen) atoms. The summed E-state index contributed by atoms with van der Waals surface area (Å²) in [4.78, 5) is 15.2. The average molecular weight is 560 g/mol. The monoisotopic (exact) mass is 558 g/mol. The molecule has 0 bridgehead atoms. The molecule has 0 aliphatic rings. The first-order valence-electron chi connectivity index (χ1n) is 13.6. The number of carbonyl (C=O) groups excluding carboxylic acids is 1. The number of benzene rings is 4. The van der Waals surface area contributed by atoms with E-state index in [1.165, 1.54) is 31.2 Å². The van der Waals surface area contributed by atoms with Crippen LogP contribution in [0.3, 0.4) is 0 Å². The quantitative estimate of drug-likeness (QED) is 0.159. The molecule has 1 amide bonds. The first-order valence-corrected chi connectivity index (χ1v) is 14.3. The van der Waals surface area contributed by atoms with Crippen LogP contribution in [0.25, 0.3) is 22.3 Å². The zero-order chi connectivity index (χ0) is 27.6. The Labute approximate surface area is 242 Å². The zero-order valence-electron chi connectivity index (χ0n) is 22.3. The molecule has 0 heterocycles. The first-order chi connectivity index (χ1) is 18.9. The third-order valence-electron chi connectivity index (χ3n) is 7.01. The third kappa shape index (κ3) is 8.11. The smallest absolute Gasteiger partial charge is 0.253 e. The molecular weight excluding hydrogens is 525 g/mol. The Morgan fingerprint density at radius 2 is 1.21 bits per heavy atom. The van der Waals surface area contributed by atoms with Gasteiger partial charge in [0.1, 0.15) is 0 Å². The van der Waals surface area contributed by atoms with E-state index in [0.29, 0.717) is 44.4 Å². The van der Waals surface area contributed by atoms with E-state index in [1.54, 1.807) is 53.4 Å². The molecule has 0 saturated carbocycles. The largest absolute Gasteiger partial charge is 0.342 e. The van der Waals surface area contributed by atoms with Crippen molar-refractivity contribution >= 4 is 29.1 Å². The average Bonchev–Trinajstić information content (AvgIpc) is 2.94. The highest BCUT2D eigenvalue weighted by molar-refractivity contribution is 6.31. The van der Waals surface area contributed by atoms with Gasteiger partial charge in [-0.1, -0.05) is 103 Å². The lowest BCUT2D eigenvalue weighted by Gasteiger charge is -2.19. The lowest BCUT2D eigenvalue weighted by Crippen LogP contribution is -2.27. The Morgan fingerprint density at radius 3 is 1.77 bits per heavy atom. The molecule has 4 aromatic rings. The van der Waals surface area contributed by atoms with Crippen molar-refractivity contribution in [3.63, 3.8) is 0 Å². The first kappa shape index (κ1) is 28.7. The number of halogens is 2. The van der Waals surface area contributed by atoms with Gasteiger partial charge in [0, 0.05) is 40.3 Å². The van der Waals surface area contributed by atoms with Gasteiger partial charge < -0.3 is 4.90 Å². The number of aryl methyl sites for hydroxylation is 1. The molecule has 0 aromatic heterocycles. The van der Waals surface area contributed by atoms with Crippen LogP contribution >= 0.6 is 23.2 Å². The predicted octanol–water partition coefficient (Wildman–Crippen LogP) is 10.1. The van der Waals surface area contributed by atoms with Crippen LogP contribution in [0.2, 0.25) is 10.0 Å². The second kappa shape index (κ2) is 14.2. The number of rotatable bonds is 12. The fourth-order valence-electron chi connectivity index (χ4n) is 4.85. The van der Waals surface area contributed by atoms with Crippen LogP contribution < -0.4 is 0 Å². The normalized spacial score (nSPS) is 10.9. The Morgan fingerprint density at radius 1 is 0.667 bits per heavy atom. The van der Waals surface area contributed by atoms with E-state index < -0.39 is 0 Å². The maximum atomic E-state index is 13.5. The summed E-state index contributed by atoms with van der Waals surface area (Å²) in [5.41, 5.74) is 4.13. The lowest BCUT2D eigenvalue weighted by molar-refractivity contribution is 0.0792. The minimum absolute atomic E-state index is 0.107. The maximum absolute atomic E-state index is 13.5. The number of nitrogens with zero attached hydrogens (tertiary/aromatic N) is 1. The van der Waals surface area contributed by atoms with Crippen LogP contribution in [-0.2, 0) is 11.5 Å². The third-order valence-corrected chi connectivity index (χ3v) is 7.48. The van der Waals surface area contributed by atoms with E-state index in [2.05, 4.69) is 30.3 Å². The summed E-state index contributed by atoms with van der Waals surface area (Å²) in [6.07, 6.45) is 7.98. The van der Waals surface area contributed by atoms with E-state index in [4.69, 9.17) is 23.2 Å². The van der Waals surface area contributed by atoms with Crippen LogP contribution in [0.4, 0.5) is 0 Å². The molecule has 0 unspecified atom stereocenters. The van der Waals surface area contributed by atoms with Crippen molar-refractivity contribution in [2.24, 2.45) is 0 Å². The highest BCUT2D eigenvalue weighted by Gasteiger charge is 2.20. The van der Waals surface area contributed by atoms with Gasteiger partial charge in [0.05, 0.1) is 0 Å². The molecule has 5 heteroatoms. The predicted molar refractivity (Wildman–Crippen MR) is 162 cm³/mol.